The number of hydrogen-bond donors (Lipinski definition) is 1. The van der Waals surface area contributed by atoms with Crippen molar-refractivity contribution in [3.05, 3.63) is 52.6 Å². The van der Waals surface area contributed by atoms with E-state index in [-0.39, 0.29) is 18.6 Å². The number of hydrogen-bond acceptors (Lipinski definition) is 7. The average Bonchev–Trinajstić information content (AvgIpc) is 3.18. The van der Waals surface area contributed by atoms with E-state index in [4.69, 9.17) is 15.0 Å². The zero-order valence-corrected chi connectivity index (χ0v) is 19.1. The number of carbonyl (C=O) groups is 1. The van der Waals surface area contributed by atoms with Gasteiger partial charge in [-0.25, -0.2) is 0 Å². The van der Waals surface area contributed by atoms with E-state index >= 15 is 0 Å². The van der Waals surface area contributed by atoms with Crippen LogP contribution in [0.5, 0.6) is 5.75 Å². The Morgan fingerprint density at radius 3 is 2.79 bits per heavy atom. The van der Waals surface area contributed by atoms with Gasteiger partial charge in [0.2, 0.25) is 11.7 Å². The third kappa shape index (κ3) is 4.59. The molecule has 2 aromatic carbocycles. The van der Waals surface area contributed by atoms with Crippen LogP contribution >= 0.6 is 0 Å². The quantitative estimate of drug-likeness (QED) is 0.640. The topological polar surface area (TPSA) is 118 Å². The van der Waals surface area contributed by atoms with E-state index in [1.165, 1.54) is 11.1 Å². The molecule has 8 heteroatoms. The molecule has 0 fully saturated rings. The fraction of sp³-hybridized carbons (Fsp3) is 0.360. The minimum absolute atomic E-state index is 0.0231. The second kappa shape index (κ2) is 9.43. The van der Waals surface area contributed by atoms with Crippen molar-refractivity contribution in [1.29, 1.82) is 5.26 Å². The lowest BCUT2D eigenvalue weighted by Crippen LogP contribution is -2.37. The molecule has 8 nitrogen and oxygen atoms in total. The van der Waals surface area contributed by atoms with E-state index in [1.54, 1.807) is 12.1 Å². The lowest BCUT2D eigenvalue weighted by Gasteiger charge is -2.19. The first-order valence-electron chi connectivity index (χ1n) is 11.1. The summed E-state index contributed by atoms with van der Waals surface area (Å²) in [7, 11) is 0. The zero-order valence-electron chi connectivity index (χ0n) is 19.1. The first-order valence-corrected chi connectivity index (χ1v) is 11.1. The van der Waals surface area contributed by atoms with Crippen LogP contribution in [0.4, 0.5) is 0 Å². The summed E-state index contributed by atoms with van der Waals surface area (Å²) in [4.78, 5) is 18.5. The number of nitriles is 1. The van der Waals surface area contributed by atoms with E-state index in [2.05, 4.69) is 29.2 Å². The van der Waals surface area contributed by atoms with Gasteiger partial charge in [0.25, 0.3) is 5.89 Å². The number of amides is 1. The molecule has 2 heterocycles. The summed E-state index contributed by atoms with van der Waals surface area (Å²) in [6, 6.07) is 11.5. The van der Waals surface area contributed by atoms with Gasteiger partial charge >= 0.3 is 0 Å². The molecule has 4 rings (SSSR count). The highest BCUT2D eigenvalue weighted by molar-refractivity contribution is 5.78. The molecule has 0 spiro atoms. The van der Waals surface area contributed by atoms with Gasteiger partial charge in [-0.1, -0.05) is 17.3 Å². The van der Waals surface area contributed by atoms with Gasteiger partial charge in [-0.05, 0) is 68.5 Å². The molecular formula is C25H27N5O3. The summed E-state index contributed by atoms with van der Waals surface area (Å²) in [6.45, 7) is 7.23. The highest BCUT2D eigenvalue weighted by atomic mass is 16.5. The predicted molar refractivity (Wildman–Crippen MR) is 123 cm³/mol. The lowest BCUT2D eigenvalue weighted by atomic mass is 9.93. The summed E-state index contributed by atoms with van der Waals surface area (Å²) >= 11 is 0. The van der Waals surface area contributed by atoms with Crippen molar-refractivity contribution in [3.8, 4) is 34.7 Å². The molecule has 1 aromatic heterocycles. The van der Waals surface area contributed by atoms with Gasteiger partial charge in [-0.15, -0.1) is 0 Å². The van der Waals surface area contributed by atoms with Crippen LogP contribution in [0, 0.1) is 18.3 Å². The number of carbonyl (C=O) groups excluding carboxylic acids is 1. The minimum Gasteiger partial charge on any atom is -0.490 e. The molecule has 0 atom stereocenters. The third-order valence-electron chi connectivity index (χ3n) is 5.88. The van der Waals surface area contributed by atoms with Crippen molar-refractivity contribution >= 4 is 5.91 Å². The lowest BCUT2D eigenvalue weighted by molar-refractivity contribution is -0.129. The molecule has 1 aliphatic heterocycles. The van der Waals surface area contributed by atoms with Crippen molar-refractivity contribution in [2.45, 2.75) is 39.7 Å². The maximum absolute atomic E-state index is 12.0. The molecule has 3 aromatic rings. The number of benzene rings is 2. The summed E-state index contributed by atoms with van der Waals surface area (Å²) in [6.07, 6.45) is 1.52. The van der Waals surface area contributed by atoms with E-state index in [0.29, 0.717) is 41.7 Å². The van der Waals surface area contributed by atoms with Crippen LogP contribution in [-0.2, 0) is 17.6 Å². The Morgan fingerprint density at radius 1 is 1.27 bits per heavy atom. The Morgan fingerprint density at radius 2 is 2.06 bits per heavy atom. The zero-order chi connectivity index (χ0) is 23.5. The van der Waals surface area contributed by atoms with Crippen molar-refractivity contribution in [1.82, 2.24) is 15.0 Å². The minimum atomic E-state index is -0.0327. The van der Waals surface area contributed by atoms with Gasteiger partial charge in [-0.2, -0.15) is 10.2 Å². The fourth-order valence-corrected chi connectivity index (χ4v) is 4.19. The van der Waals surface area contributed by atoms with Crippen molar-refractivity contribution in [2.24, 2.45) is 5.73 Å². The largest absolute Gasteiger partial charge is 0.490 e. The maximum Gasteiger partial charge on any atom is 0.258 e. The van der Waals surface area contributed by atoms with Gasteiger partial charge in [0.05, 0.1) is 18.2 Å². The van der Waals surface area contributed by atoms with Gasteiger partial charge in [0.1, 0.15) is 11.8 Å². The first-order chi connectivity index (χ1) is 15.9. The highest BCUT2D eigenvalue weighted by Crippen LogP contribution is 2.31. The number of aromatic nitrogens is 2. The molecule has 0 radical (unpaired) electrons. The molecule has 1 amide bonds. The Balaban J connectivity index is 1.62. The van der Waals surface area contributed by atoms with E-state index in [1.807, 2.05) is 30.9 Å². The number of ether oxygens (including phenoxy) is 1. The molecule has 170 valence electrons. The standard InChI is InChI=1S/C25H27N5O3/c1-15(2)32-22-7-5-18(12-19(22)13-26)25-28-24(29-33-25)21-6-4-17-8-10-30(23(31)14-27)11-9-20(17)16(21)3/h4-7,12,15H,8-11,14,27H2,1-3H3. The van der Waals surface area contributed by atoms with Crippen LogP contribution in [0.15, 0.2) is 34.9 Å². The number of nitrogens with two attached hydrogens (primary N) is 1. The molecular weight excluding hydrogens is 418 g/mol. The Labute approximate surface area is 193 Å². The third-order valence-corrected chi connectivity index (χ3v) is 5.88. The highest BCUT2D eigenvalue weighted by Gasteiger charge is 2.22. The predicted octanol–water partition coefficient (Wildman–Crippen LogP) is 3.26. The van der Waals surface area contributed by atoms with E-state index in [9.17, 15) is 10.1 Å². The van der Waals surface area contributed by atoms with Crippen LogP contribution in [-0.4, -0.2) is 46.7 Å². The first kappa shape index (κ1) is 22.5. The molecule has 1 aliphatic rings. The van der Waals surface area contributed by atoms with Crippen LogP contribution < -0.4 is 10.5 Å². The van der Waals surface area contributed by atoms with Crippen LogP contribution in [0.3, 0.4) is 0 Å². The molecule has 0 unspecified atom stereocenters. The summed E-state index contributed by atoms with van der Waals surface area (Å²) in [5.74, 6) is 1.34. The smallest absolute Gasteiger partial charge is 0.258 e. The van der Waals surface area contributed by atoms with E-state index in [0.717, 1.165) is 24.0 Å². The Kier molecular flexibility index (Phi) is 6.43. The van der Waals surface area contributed by atoms with E-state index < -0.39 is 0 Å². The molecule has 0 saturated carbocycles. The summed E-state index contributed by atoms with van der Waals surface area (Å²) < 4.78 is 11.2. The number of fused-ring (bicyclic) bond motifs is 1. The Bertz CT molecular complexity index is 1230. The van der Waals surface area contributed by atoms with Gasteiger partial charge in [0, 0.05) is 24.2 Å². The number of rotatable bonds is 5. The molecule has 0 aliphatic carbocycles. The Hall–Kier alpha value is -3.70. The average molecular weight is 446 g/mol. The second-order valence-corrected chi connectivity index (χ2v) is 8.37. The fourth-order valence-electron chi connectivity index (χ4n) is 4.19. The van der Waals surface area contributed by atoms with Crippen molar-refractivity contribution in [3.63, 3.8) is 0 Å². The monoisotopic (exact) mass is 445 g/mol. The molecule has 33 heavy (non-hydrogen) atoms. The van der Waals surface area contributed by atoms with Crippen LogP contribution in [0.1, 0.15) is 36.1 Å². The summed E-state index contributed by atoms with van der Waals surface area (Å²) in [5.41, 5.74) is 11.0. The molecule has 0 bridgehead atoms. The number of nitrogens with zero attached hydrogens (tertiary/aromatic N) is 4. The van der Waals surface area contributed by atoms with Gasteiger partial charge in [0.15, 0.2) is 0 Å². The maximum atomic E-state index is 12.0. The normalized spacial score (nSPS) is 13.4. The van der Waals surface area contributed by atoms with Crippen LogP contribution in [0.25, 0.3) is 22.8 Å². The molecule has 2 N–H and O–H groups in total. The van der Waals surface area contributed by atoms with Crippen molar-refractivity contribution < 1.29 is 14.1 Å². The van der Waals surface area contributed by atoms with Crippen LogP contribution in [0.2, 0.25) is 0 Å². The SMILES string of the molecule is Cc1c(-c2noc(-c3ccc(OC(C)C)c(C#N)c3)n2)ccc2c1CCN(C(=O)CN)CC2. The second-order valence-electron chi connectivity index (χ2n) is 8.37. The van der Waals surface area contributed by atoms with Gasteiger partial charge < -0.3 is 19.9 Å². The summed E-state index contributed by atoms with van der Waals surface area (Å²) in [5, 5.41) is 13.7. The molecule has 0 saturated heterocycles. The van der Waals surface area contributed by atoms with Gasteiger partial charge in [-0.3, -0.25) is 4.79 Å². The van der Waals surface area contributed by atoms with Crippen molar-refractivity contribution in [2.75, 3.05) is 19.6 Å².